The van der Waals surface area contributed by atoms with Crippen molar-refractivity contribution in [1.82, 2.24) is 0 Å². The Morgan fingerprint density at radius 2 is 1.91 bits per heavy atom. The van der Waals surface area contributed by atoms with Crippen molar-refractivity contribution in [2.75, 3.05) is 12.0 Å². The van der Waals surface area contributed by atoms with Gasteiger partial charge < -0.3 is 4.74 Å². The lowest BCUT2D eigenvalue weighted by Crippen LogP contribution is -2.10. The van der Waals surface area contributed by atoms with Gasteiger partial charge >= 0.3 is 6.18 Å². The van der Waals surface area contributed by atoms with Gasteiger partial charge in [0.1, 0.15) is 24.5 Å². The molecule has 0 unspecified atom stereocenters. The van der Waals surface area contributed by atoms with Crippen LogP contribution in [0.3, 0.4) is 0 Å². The van der Waals surface area contributed by atoms with Gasteiger partial charge in [0.05, 0.1) is 11.3 Å². The molecule has 0 saturated heterocycles. The normalized spacial score (nSPS) is 10.5. The molecule has 0 saturated carbocycles. The number of benzene rings is 1. The molecule has 0 radical (unpaired) electrons. The van der Waals surface area contributed by atoms with Gasteiger partial charge in [0.2, 0.25) is 5.71 Å². The number of hydrogen-bond acceptors (Lipinski definition) is 5. The fourth-order valence-electron chi connectivity index (χ4n) is 1.26. The minimum Gasteiger partial charge on any atom is -0.485 e. The third kappa shape index (κ3) is 4.90. The zero-order valence-corrected chi connectivity index (χ0v) is 10.7. The Morgan fingerprint density at radius 1 is 1.27 bits per heavy atom. The van der Waals surface area contributed by atoms with E-state index in [1.807, 2.05) is 5.43 Å². The Bertz CT molecular complexity index is 626. The SMILES string of the molecule is N#CC(C#N)=NNc1cc(C(F)(F)F)ccc1OCC(F)F. The van der Waals surface area contributed by atoms with Crippen LogP contribution in [-0.4, -0.2) is 18.7 Å². The summed E-state index contributed by atoms with van der Waals surface area (Å²) in [6, 6.07) is 4.80. The summed E-state index contributed by atoms with van der Waals surface area (Å²) in [5.41, 5.74) is -0.114. The van der Waals surface area contributed by atoms with Gasteiger partial charge in [-0.2, -0.15) is 28.8 Å². The molecule has 0 amide bonds. The van der Waals surface area contributed by atoms with Crippen molar-refractivity contribution < 1.29 is 26.7 Å². The molecule has 1 aromatic rings. The van der Waals surface area contributed by atoms with Gasteiger partial charge in [0.25, 0.3) is 6.43 Å². The summed E-state index contributed by atoms with van der Waals surface area (Å²) in [5, 5.41) is 20.2. The third-order valence-electron chi connectivity index (χ3n) is 2.17. The number of nitriles is 2. The molecule has 0 spiro atoms. The average molecular weight is 318 g/mol. The zero-order chi connectivity index (χ0) is 16.8. The number of nitrogens with zero attached hydrogens (tertiary/aromatic N) is 3. The van der Waals surface area contributed by atoms with Crippen molar-refractivity contribution >= 4 is 11.4 Å². The molecule has 1 aromatic carbocycles. The Balaban J connectivity index is 3.14. The van der Waals surface area contributed by atoms with E-state index in [9.17, 15) is 22.0 Å². The van der Waals surface area contributed by atoms with Crippen LogP contribution in [0.2, 0.25) is 0 Å². The highest BCUT2D eigenvalue weighted by molar-refractivity contribution is 6.10. The van der Waals surface area contributed by atoms with Crippen molar-refractivity contribution in [3.63, 3.8) is 0 Å². The van der Waals surface area contributed by atoms with Gasteiger partial charge in [-0.25, -0.2) is 8.78 Å². The van der Waals surface area contributed by atoms with Gasteiger partial charge in [0, 0.05) is 0 Å². The largest absolute Gasteiger partial charge is 0.485 e. The molecule has 116 valence electrons. The van der Waals surface area contributed by atoms with E-state index in [1.54, 1.807) is 0 Å². The molecule has 10 heteroatoms. The Morgan fingerprint density at radius 3 is 2.41 bits per heavy atom. The summed E-state index contributed by atoms with van der Waals surface area (Å²) in [6.45, 7) is -1.03. The summed E-state index contributed by atoms with van der Waals surface area (Å²) < 4.78 is 66.7. The maximum atomic E-state index is 12.6. The van der Waals surface area contributed by atoms with Gasteiger partial charge in [-0.05, 0) is 18.2 Å². The number of nitrogens with one attached hydrogen (secondary N) is 1. The van der Waals surface area contributed by atoms with Crippen LogP contribution < -0.4 is 10.2 Å². The molecule has 22 heavy (non-hydrogen) atoms. The van der Waals surface area contributed by atoms with Crippen LogP contribution in [-0.2, 0) is 6.18 Å². The number of anilines is 1. The molecule has 5 nitrogen and oxygen atoms in total. The second-order valence-electron chi connectivity index (χ2n) is 3.71. The smallest absolute Gasteiger partial charge is 0.416 e. The van der Waals surface area contributed by atoms with Crippen molar-refractivity contribution in [3.8, 4) is 17.9 Å². The lowest BCUT2D eigenvalue weighted by atomic mass is 10.2. The standard InChI is InChI=1S/C12H7F5N4O/c13-11(14)6-22-10-2-1-7(12(15,16)17)3-9(10)21-20-8(4-18)5-19/h1-3,11,21H,6H2. The number of ether oxygens (including phenoxy) is 1. The number of hydrogen-bond donors (Lipinski definition) is 1. The first kappa shape index (κ1) is 17.2. The topological polar surface area (TPSA) is 81.2 Å². The maximum absolute atomic E-state index is 12.6. The van der Waals surface area contributed by atoms with Gasteiger partial charge in [-0.1, -0.05) is 0 Å². The van der Waals surface area contributed by atoms with Crippen LogP contribution in [0.5, 0.6) is 5.75 Å². The van der Waals surface area contributed by atoms with Crippen molar-refractivity contribution in [1.29, 1.82) is 10.5 Å². The molecule has 0 aliphatic rings. The van der Waals surface area contributed by atoms with E-state index in [2.05, 4.69) is 9.84 Å². The highest BCUT2D eigenvalue weighted by Gasteiger charge is 2.31. The minimum atomic E-state index is -4.67. The van der Waals surface area contributed by atoms with E-state index in [0.29, 0.717) is 12.1 Å². The monoisotopic (exact) mass is 318 g/mol. The van der Waals surface area contributed by atoms with Gasteiger partial charge in [-0.15, -0.1) is 0 Å². The third-order valence-corrected chi connectivity index (χ3v) is 2.17. The zero-order valence-electron chi connectivity index (χ0n) is 10.7. The highest BCUT2D eigenvalue weighted by atomic mass is 19.4. The van der Waals surface area contributed by atoms with E-state index >= 15 is 0 Å². The summed E-state index contributed by atoms with van der Waals surface area (Å²) >= 11 is 0. The predicted octanol–water partition coefficient (Wildman–Crippen LogP) is 3.16. The van der Waals surface area contributed by atoms with E-state index in [4.69, 9.17) is 10.5 Å². The number of alkyl halides is 5. The van der Waals surface area contributed by atoms with E-state index in [0.717, 1.165) is 6.07 Å². The van der Waals surface area contributed by atoms with Crippen LogP contribution in [0.1, 0.15) is 5.56 Å². The Labute approximate surface area is 121 Å². The first-order valence-electron chi connectivity index (χ1n) is 5.54. The Kier molecular flexibility index (Phi) is 5.64. The molecule has 0 fully saturated rings. The second-order valence-corrected chi connectivity index (χ2v) is 3.71. The quantitative estimate of drug-likeness (QED) is 0.513. The summed E-state index contributed by atoms with van der Waals surface area (Å²) in [4.78, 5) is 0. The van der Waals surface area contributed by atoms with Crippen molar-refractivity contribution in [3.05, 3.63) is 23.8 Å². The molecular weight excluding hydrogens is 311 g/mol. The van der Waals surface area contributed by atoms with Crippen LogP contribution in [0.25, 0.3) is 0 Å². The van der Waals surface area contributed by atoms with Crippen LogP contribution in [0.4, 0.5) is 27.6 Å². The van der Waals surface area contributed by atoms with Crippen molar-refractivity contribution in [2.24, 2.45) is 5.10 Å². The molecule has 0 aliphatic heterocycles. The van der Waals surface area contributed by atoms with Gasteiger partial charge in [0.15, 0.2) is 0 Å². The molecule has 1 N–H and O–H groups in total. The number of hydrazone groups is 1. The van der Waals surface area contributed by atoms with Gasteiger partial charge in [-0.3, -0.25) is 5.43 Å². The van der Waals surface area contributed by atoms with Crippen LogP contribution >= 0.6 is 0 Å². The summed E-state index contributed by atoms with van der Waals surface area (Å²) in [7, 11) is 0. The fraction of sp³-hybridized carbons (Fsp3) is 0.250. The summed E-state index contributed by atoms with van der Waals surface area (Å²) in [6.07, 6.45) is -7.50. The van der Waals surface area contributed by atoms with E-state index in [1.165, 1.54) is 12.1 Å². The minimum absolute atomic E-state index is 0.327. The molecule has 1 rings (SSSR count). The van der Waals surface area contributed by atoms with Crippen molar-refractivity contribution in [2.45, 2.75) is 12.6 Å². The molecule has 0 aromatic heterocycles. The predicted molar refractivity (Wildman–Crippen MR) is 65.2 cm³/mol. The van der Waals surface area contributed by atoms with E-state index < -0.39 is 36.2 Å². The lowest BCUT2D eigenvalue weighted by Gasteiger charge is -2.13. The molecule has 0 aliphatic carbocycles. The molecular formula is C12H7F5N4O. The van der Waals surface area contributed by atoms with Crippen LogP contribution in [0.15, 0.2) is 23.3 Å². The molecule has 0 atom stereocenters. The Hall–Kier alpha value is -2.88. The average Bonchev–Trinajstić information content (AvgIpc) is 2.45. The van der Waals surface area contributed by atoms with Crippen LogP contribution in [0, 0.1) is 22.7 Å². The number of halogens is 5. The fourth-order valence-corrected chi connectivity index (χ4v) is 1.26. The first-order valence-corrected chi connectivity index (χ1v) is 5.54. The molecule has 0 heterocycles. The lowest BCUT2D eigenvalue weighted by molar-refractivity contribution is -0.137. The second kappa shape index (κ2) is 7.22. The number of rotatable bonds is 5. The molecule has 0 bridgehead atoms. The maximum Gasteiger partial charge on any atom is 0.416 e. The highest BCUT2D eigenvalue weighted by Crippen LogP contribution is 2.35. The summed E-state index contributed by atoms with van der Waals surface area (Å²) in [5.74, 6) is -0.327. The first-order chi connectivity index (χ1) is 10.3. The van der Waals surface area contributed by atoms with E-state index in [-0.39, 0.29) is 5.75 Å².